The van der Waals surface area contributed by atoms with E-state index in [1.54, 1.807) is 18.2 Å². The summed E-state index contributed by atoms with van der Waals surface area (Å²) < 4.78 is 66.7. The molecular formula is C20H12MnN2O7S2. The third-order valence-electron chi connectivity index (χ3n) is 4.56. The monoisotopic (exact) mass is 511 g/mol. The first kappa shape index (κ1) is 23.8. The van der Waals surface area contributed by atoms with Crippen molar-refractivity contribution in [3.05, 3.63) is 66.7 Å². The first-order valence-corrected chi connectivity index (χ1v) is 11.5. The number of azo groups is 1. The largest absolute Gasteiger partial charge is 2.00 e. The Morgan fingerprint density at radius 2 is 1.41 bits per heavy atom. The van der Waals surface area contributed by atoms with Crippen LogP contribution in [0.2, 0.25) is 0 Å². The van der Waals surface area contributed by atoms with Gasteiger partial charge in [0.2, 0.25) is 0 Å². The third kappa shape index (κ3) is 4.65. The molecule has 4 aromatic rings. The van der Waals surface area contributed by atoms with E-state index in [0.717, 1.165) is 17.5 Å². The molecule has 0 heterocycles. The van der Waals surface area contributed by atoms with Gasteiger partial charge in [0.15, 0.2) is 0 Å². The fourth-order valence-corrected chi connectivity index (χ4v) is 4.94. The van der Waals surface area contributed by atoms with Crippen LogP contribution in [-0.2, 0) is 37.3 Å². The number of benzene rings is 4. The van der Waals surface area contributed by atoms with Gasteiger partial charge in [0.05, 0.1) is 16.3 Å². The zero-order valence-electron chi connectivity index (χ0n) is 15.8. The van der Waals surface area contributed by atoms with Crippen molar-refractivity contribution < 1.29 is 48.1 Å². The summed E-state index contributed by atoms with van der Waals surface area (Å²) in [6, 6.07) is 16.2. The second-order valence-corrected chi connectivity index (χ2v) is 9.33. The van der Waals surface area contributed by atoms with Gasteiger partial charge in [-0.15, -0.1) is 0 Å². The Morgan fingerprint density at radius 1 is 0.750 bits per heavy atom. The second kappa shape index (κ2) is 8.58. The molecule has 0 bridgehead atoms. The molecule has 32 heavy (non-hydrogen) atoms. The Balaban J connectivity index is 0.00000289. The molecule has 0 spiro atoms. The van der Waals surface area contributed by atoms with Crippen molar-refractivity contribution in [2.24, 2.45) is 10.2 Å². The minimum absolute atomic E-state index is 0. The third-order valence-corrected chi connectivity index (χ3v) is 6.46. The molecule has 12 heteroatoms. The average Bonchev–Trinajstić information content (AvgIpc) is 2.70. The van der Waals surface area contributed by atoms with Crippen molar-refractivity contribution in [3.8, 4) is 5.75 Å². The van der Waals surface area contributed by atoms with Crippen molar-refractivity contribution in [1.82, 2.24) is 0 Å². The summed E-state index contributed by atoms with van der Waals surface area (Å²) in [6.07, 6.45) is 0. The Morgan fingerprint density at radius 3 is 2.09 bits per heavy atom. The van der Waals surface area contributed by atoms with Crippen LogP contribution in [-0.4, -0.2) is 25.9 Å². The van der Waals surface area contributed by atoms with Gasteiger partial charge in [0.1, 0.15) is 15.0 Å². The van der Waals surface area contributed by atoms with Gasteiger partial charge in [0, 0.05) is 5.39 Å². The maximum atomic E-state index is 12.2. The Hall–Kier alpha value is -2.86. The standard InChI is InChI=1S/C20H14N2O7S2.Mn/c23-17-8-6-12-3-1-2-4-16(12)20(17)22-21-15-7-5-13-10-18(30(24,25)26)19(31(27,28)29)11-14(13)9-15;/h1-11,23H,(H,24,25,26)(H,27,28,29);/q;+2/p-2. The van der Waals surface area contributed by atoms with Gasteiger partial charge in [-0.1, -0.05) is 48.2 Å². The number of nitrogens with zero attached hydrogens (tertiary/aromatic N) is 2. The maximum Gasteiger partial charge on any atom is 2.00 e. The van der Waals surface area contributed by atoms with Crippen LogP contribution in [0.5, 0.6) is 5.75 Å². The van der Waals surface area contributed by atoms with E-state index in [1.807, 2.05) is 12.1 Å². The van der Waals surface area contributed by atoms with Gasteiger partial charge in [-0.25, -0.2) is 8.42 Å². The molecule has 163 valence electrons. The van der Waals surface area contributed by atoms with E-state index in [4.69, 9.17) is 0 Å². The van der Waals surface area contributed by atoms with E-state index < -0.39 is 30.0 Å². The minimum Gasteiger partial charge on any atom is -0.871 e. The van der Waals surface area contributed by atoms with Crippen LogP contribution in [0.3, 0.4) is 0 Å². The SMILES string of the molecule is O=S(=O)([O-])c1cc2ccc(N=Nc3c([O-])ccc4ccccc34)cc2cc1S(=O)(=O)O.[Mn+2]. The van der Waals surface area contributed by atoms with Crippen LogP contribution in [0.25, 0.3) is 21.5 Å². The van der Waals surface area contributed by atoms with Crippen molar-refractivity contribution >= 4 is 53.2 Å². The van der Waals surface area contributed by atoms with Gasteiger partial charge < -0.3 is 9.66 Å². The molecule has 0 unspecified atom stereocenters. The number of rotatable bonds is 4. The Labute approximate surface area is 193 Å². The molecular weight excluding hydrogens is 499 g/mol. The molecule has 0 aliphatic rings. The van der Waals surface area contributed by atoms with E-state index in [0.29, 0.717) is 5.39 Å². The van der Waals surface area contributed by atoms with Gasteiger partial charge in [-0.3, -0.25) is 4.55 Å². The van der Waals surface area contributed by atoms with E-state index in [-0.39, 0.29) is 45.0 Å². The second-order valence-electron chi connectivity index (χ2n) is 6.59. The molecule has 0 fully saturated rings. The van der Waals surface area contributed by atoms with E-state index >= 15 is 0 Å². The predicted molar refractivity (Wildman–Crippen MR) is 109 cm³/mol. The van der Waals surface area contributed by atoms with Crippen LogP contribution >= 0.6 is 0 Å². The summed E-state index contributed by atoms with van der Waals surface area (Å²) in [5.74, 6) is -0.331. The van der Waals surface area contributed by atoms with Crippen molar-refractivity contribution in [2.75, 3.05) is 0 Å². The molecule has 4 rings (SSSR count). The van der Waals surface area contributed by atoms with Gasteiger partial charge >= 0.3 is 17.1 Å². The minimum atomic E-state index is -5.16. The summed E-state index contributed by atoms with van der Waals surface area (Å²) in [6.45, 7) is 0. The Bertz CT molecular complexity index is 1600. The topological polar surface area (TPSA) is 159 Å². The zero-order valence-corrected chi connectivity index (χ0v) is 18.6. The summed E-state index contributed by atoms with van der Waals surface area (Å²) in [7, 11) is -10.1. The zero-order chi connectivity index (χ0) is 22.4. The molecule has 0 aromatic heterocycles. The molecule has 0 saturated heterocycles. The van der Waals surface area contributed by atoms with Crippen LogP contribution < -0.4 is 5.11 Å². The first-order chi connectivity index (χ1) is 14.5. The summed E-state index contributed by atoms with van der Waals surface area (Å²) in [5, 5.41) is 22.1. The molecule has 0 aliphatic carbocycles. The quantitative estimate of drug-likeness (QED) is 0.249. The smallest absolute Gasteiger partial charge is 0.871 e. The fraction of sp³-hybridized carbons (Fsp3) is 0. The molecule has 1 radical (unpaired) electrons. The molecule has 0 aliphatic heterocycles. The number of hydrogen-bond acceptors (Lipinski definition) is 8. The summed E-state index contributed by atoms with van der Waals surface area (Å²) >= 11 is 0. The average molecular weight is 511 g/mol. The summed E-state index contributed by atoms with van der Waals surface area (Å²) in [5.41, 5.74) is 0.364. The van der Waals surface area contributed by atoms with Gasteiger partial charge in [-0.05, 0) is 40.4 Å². The van der Waals surface area contributed by atoms with E-state index in [1.165, 1.54) is 24.3 Å². The van der Waals surface area contributed by atoms with Gasteiger partial charge in [0.25, 0.3) is 10.1 Å². The van der Waals surface area contributed by atoms with Crippen LogP contribution in [0.4, 0.5) is 11.4 Å². The predicted octanol–water partition coefficient (Wildman–Crippen LogP) is 3.63. The van der Waals surface area contributed by atoms with E-state index in [2.05, 4.69) is 10.2 Å². The first-order valence-electron chi connectivity index (χ1n) is 8.66. The maximum absolute atomic E-state index is 12.2. The normalized spacial score (nSPS) is 12.3. The molecule has 0 amide bonds. The fourth-order valence-electron chi connectivity index (χ4n) is 3.15. The van der Waals surface area contributed by atoms with Crippen LogP contribution in [0, 0.1) is 0 Å². The molecule has 0 saturated carbocycles. The van der Waals surface area contributed by atoms with Gasteiger partial charge in [-0.2, -0.15) is 18.6 Å². The number of hydrogen-bond donors (Lipinski definition) is 1. The molecule has 0 atom stereocenters. The molecule has 9 nitrogen and oxygen atoms in total. The Kier molecular flexibility index (Phi) is 6.38. The summed E-state index contributed by atoms with van der Waals surface area (Å²) in [4.78, 5) is -2.08. The number of fused-ring (bicyclic) bond motifs is 2. The van der Waals surface area contributed by atoms with Crippen molar-refractivity contribution in [3.63, 3.8) is 0 Å². The van der Waals surface area contributed by atoms with Crippen molar-refractivity contribution in [2.45, 2.75) is 9.79 Å². The molecule has 1 N–H and O–H groups in total. The van der Waals surface area contributed by atoms with Crippen molar-refractivity contribution in [1.29, 1.82) is 0 Å². The van der Waals surface area contributed by atoms with Crippen LogP contribution in [0.15, 0.2) is 86.7 Å². The van der Waals surface area contributed by atoms with Crippen LogP contribution in [0.1, 0.15) is 0 Å². The molecule has 4 aromatic carbocycles. The van der Waals surface area contributed by atoms with E-state index in [9.17, 15) is 31.0 Å².